The third-order valence-electron chi connectivity index (χ3n) is 3.22. The topological polar surface area (TPSA) is 108 Å². The third kappa shape index (κ3) is 3.36. The number of hydrogen-bond donors (Lipinski definition) is 3. The molecule has 3 N–H and O–H groups in total. The Kier molecular flexibility index (Phi) is 4.15. The van der Waals surface area contributed by atoms with E-state index in [2.05, 4.69) is 20.3 Å². The van der Waals surface area contributed by atoms with E-state index in [0.29, 0.717) is 19.8 Å². The minimum atomic E-state index is -0.416. The third-order valence-corrected chi connectivity index (χ3v) is 6.39. The standard InChI is InChI=1S/C15H10N4O3S3/c20-8-5-10(21)17-13-12(8)25-15(19-13)23-6-11(22)18-14-16-7-3-1-2-4-9(7)24-14/h1-5H,6H2,(H,16,18,22)(H2,17,20,21). The number of carbonyl (C=O) groups excluding carboxylic acids is 1. The Balaban J connectivity index is 1.44. The summed E-state index contributed by atoms with van der Waals surface area (Å²) in [4.78, 5) is 34.6. The summed E-state index contributed by atoms with van der Waals surface area (Å²) < 4.78 is 2.09. The van der Waals surface area contributed by atoms with Gasteiger partial charge >= 0.3 is 0 Å². The highest BCUT2D eigenvalue weighted by Gasteiger charge is 2.13. The summed E-state index contributed by atoms with van der Waals surface area (Å²) in [6, 6.07) is 8.77. The van der Waals surface area contributed by atoms with E-state index in [-0.39, 0.29) is 17.4 Å². The van der Waals surface area contributed by atoms with Crippen LogP contribution in [0.2, 0.25) is 0 Å². The molecule has 1 aromatic carbocycles. The van der Waals surface area contributed by atoms with Gasteiger partial charge in [0.25, 0.3) is 5.56 Å². The number of nitrogens with one attached hydrogen (secondary N) is 2. The van der Waals surface area contributed by atoms with Crippen LogP contribution >= 0.6 is 34.4 Å². The summed E-state index contributed by atoms with van der Waals surface area (Å²) >= 11 is 3.87. The summed E-state index contributed by atoms with van der Waals surface area (Å²) in [7, 11) is 0. The molecule has 3 aromatic heterocycles. The van der Waals surface area contributed by atoms with Crippen molar-refractivity contribution in [2.75, 3.05) is 11.1 Å². The SMILES string of the molecule is O=C(CSc1nc2[nH]c(=O)cc(O)c2s1)Nc1nc2ccccc2s1. The maximum atomic E-state index is 12.1. The van der Waals surface area contributed by atoms with Crippen molar-refractivity contribution in [3.63, 3.8) is 0 Å². The first-order valence-corrected chi connectivity index (χ1v) is 9.71. The fraction of sp³-hybridized carbons (Fsp3) is 0.0667. The molecule has 4 aromatic rings. The fourth-order valence-electron chi connectivity index (χ4n) is 2.17. The Morgan fingerprint density at radius 1 is 1.28 bits per heavy atom. The van der Waals surface area contributed by atoms with Gasteiger partial charge in [0.1, 0.15) is 10.4 Å². The van der Waals surface area contributed by atoms with E-state index in [1.807, 2.05) is 24.3 Å². The number of thiazole rings is 2. The summed E-state index contributed by atoms with van der Waals surface area (Å²) in [5, 5.41) is 13.1. The minimum absolute atomic E-state index is 0.109. The number of hydrogen-bond acceptors (Lipinski definition) is 8. The van der Waals surface area contributed by atoms with Gasteiger partial charge in [-0.1, -0.05) is 35.2 Å². The number of thioether (sulfide) groups is 1. The van der Waals surface area contributed by atoms with Gasteiger partial charge in [0.15, 0.2) is 15.1 Å². The predicted octanol–water partition coefficient (Wildman–Crippen LogP) is 3.03. The van der Waals surface area contributed by atoms with Crippen molar-refractivity contribution in [3.8, 4) is 5.75 Å². The van der Waals surface area contributed by atoms with E-state index in [1.54, 1.807) is 0 Å². The molecule has 3 heterocycles. The van der Waals surface area contributed by atoms with Crippen LogP contribution < -0.4 is 10.9 Å². The number of benzene rings is 1. The van der Waals surface area contributed by atoms with Crippen LogP contribution in [0.3, 0.4) is 0 Å². The number of para-hydroxylation sites is 1. The highest BCUT2D eigenvalue weighted by atomic mass is 32.2. The molecule has 0 radical (unpaired) electrons. The molecule has 0 aliphatic rings. The number of nitrogens with zero attached hydrogens (tertiary/aromatic N) is 2. The number of aromatic hydroxyl groups is 1. The second kappa shape index (κ2) is 6.47. The number of aromatic nitrogens is 3. The summed E-state index contributed by atoms with van der Waals surface area (Å²) in [6.07, 6.45) is 0. The Labute approximate surface area is 152 Å². The number of amides is 1. The van der Waals surface area contributed by atoms with Gasteiger partial charge in [-0.05, 0) is 12.1 Å². The van der Waals surface area contributed by atoms with Gasteiger partial charge < -0.3 is 15.4 Å². The second-order valence-electron chi connectivity index (χ2n) is 5.00. The van der Waals surface area contributed by atoms with Crippen molar-refractivity contribution in [3.05, 3.63) is 40.7 Å². The van der Waals surface area contributed by atoms with Crippen molar-refractivity contribution in [2.24, 2.45) is 0 Å². The average Bonchev–Trinajstić information content (AvgIpc) is 3.15. The Hall–Kier alpha value is -2.43. The lowest BCUT2D eigenvalue weighted by Crippen LogP contribution is -2.13. The Morgan fingerprint density at radius 2 is 2.12 bits per heavy atom. The summed E-state index contributed by atoms with van der Waals surface area (Å²) in [5.41, 5.74) is 0.755. The number of fused-ring (bicyclic) bond motifs is 2. The van der Waals surface area contributed by atoms with Crippen molar-refractivity contribution < 1.29 is 9.90 Å². The van der Waals surface area contributed by atoms with Crippen LogP contribution in [0.5, 0.6) is 5.75 Å². The van der Waals surface area contributed by atoms with Gasteiger partial charge in [0.2, 0.25) is 5.91 Å². The Bertz CT molecular complexity index is 1110. The molecule has 4 rings (SSSR count). The molecule has 0 spiro atoms. The normalized spacial score (nSPS) is 11.2. The van der Waals surface area contributed by atoms with Crippen LogP contribution in [0, 0.1) is 0 Å². The van der Waals surface area contributed by atoms with Crippen LogP contribution in [0.1, 0.15) is 0 Å². The molecule has 10 heteroatoms. The summed E-state index contributed by atoms with van der Waals surface area (Å²) in [6.45, 7) is 0. The average molecular weight is 390 g/mol. The van der Waals surface area contributed by atoms with Crippen LogP contribution in [0.15, 0.2) is 39.5 Å². The summed E-state index contributed by atoms with van der Waals surface area (Å²) in [5.74, 6) is -0.149. The number of anilines is 1. The van der Waals surface area contributed by atoms with Crippen LogP contribution in [-0.2, 0) is 4.79 Å². The first kappa shape index (κ1) is 16.1. The van der Waals surface area contributed by atoms with E-state index >= 15 is 0 Å². The monoisotopic (exact) mass is 390 g/mol. The highest BCUT2D eigenvalue weighted by molar-refractivity contribution is 8.01. The zero-order chi connectivity index (χ0) is 17.4. The van der Waals surface area contributed by atoms with Crippen LogP contribution in [-0.4, -0.2) is 31.7 Å². The molecule has 0 saturated carbocycles. The number of aromatic amines is 1. The number of rotatable bonds is 4. The van der Waals surface area contributed by atoms with Crippen molar-refractivity contribution in [2.45, 2.75) is 4.34 Å². The molecule has 7 nitrogen and oxygen atoms in total. The number of pyridine rings is 1. The van der Waals surface area contributed by atoms with Crippen LogP contribution in [0.25, 0.3) is 20.6 Å². The zero-order valence-electron chi connectivity index (χ0n) is 12.5. The van der Waals surface area contributed by atoms with E-state index < -0.39 is 5.56 Å². The minimum Gasteiger partial charge on any atom is -0.506 e. The maximum Gasteiger partial charge on any atom is 0.253 e. The molecule has 1 amide bonds. The first-order chi connectivity index (χ1) is 12.1. The molecule has 0 aliphatic carbocycles. The van der Waals surface area contributed by atoms with E-state index in [1.165, 1.54) is 34.4 Å². The number of H-pyrrole nitrogens is 1. The molecular formula is C15H10N4O3S3. The maximum absolute atomic E-state index is 12.1. The second-order valence-corrected chi connectivity index (χ2v) is 8.25. The van der Waals surface area contributed by atoms with Gasteiger partial charge in [0, 0.05) is 6.07 Å². The molecule has 126 valence electrons. The lowest BCUT2D eigenvalue weighted by Gasteiger charge is -1.99. The van der Waals surface area contributed by atoms with Crippen molar-refractivity contribution in [1.82, 2.24) is 15.0 Å². The molecule has 25 heavy (non-hydrogen) atoms. The predicted molar refractivity (Wildman–Crippen MR) is 101 cm³/mol. The fourth-order valence-corrected chi connectivity index (χ4v) is 4.87. The highest BCUT2D eigenvalue weighted by Crippen LogP contribution is 2.33. The first-order valence-electron chi connectivity index (χ1n) is 7.09. The van der Waals surface area contributed by atoms with Crippen molar-refractivity contribution >= 4 is 66.0 Å². The van der Waals surface area contributed by atoms with Crippen molar-refractivity contribution in [1.29, 1.82) is 0 Å². The van der Waals surface area contributed by atoms with E-state index in [4.69, 9.17) is 0 Å². The smallest absolute Gasteiger partial charge is 0.253 e. The molecule has 0 bridgehead atoms. The van der Waals surface area contributed by atoms with Gasteiger partial charge in [0.05, 0.1) is 16.0 Å². The number of carbonyl (C=O) groups is 1. The molecule has 0 saturated heterocycles. The quantitative estimate of drug-likeness (QED) is 0.462. The Morgan fingerprint density at radius 3 is 2.96 bits per heavy atom. The van der Waals surface area contributed by atoms with Gasteiger partial charge in [-0.25, -0.2) is 9.97 Å². The van der Waals surface area contributed by atoms with Gasteiger partial charge in [-0.3, -0.25) is 9.59 Å². The van der Waals surface area contributed by atoms with Gasteiger partial charge in [-0.2, -0.15) is 0 Å². The molecular weight excluding hydrogens is 380 g/mol. The molecule has 0 unspecified atom stereocenters. The lowest BCUT2D eigenvalue weighted by molar-refractivity contribution is -0.113. The molecule has 0 fully saturated rings. The van der Waals surface area contributed by atoms with E-state index in [9.17, 15) is 14.7 Å². The lowest BCUT2D eigenvalue weighted by atomic mass is 10.3. The largest absolute Gasteiger partial charge is 0.506 e. The molecule has 0 atom stereocenters. The molecule has 0 aliphatic heterocycles. The van der Waals surface area contributed by atoms with Gasteiger partial charge in [-0.15, -0.1) is 11.3 Å². The van der Waals surface area contributed by atoms with E-state index in [0.717, 1.165) is 16.3 Å². The zero-order valence-corrected chi connectivity index (χ0v) is 14.9. The van der Waals surface area contributed by atoms with Crippen LogP contribution in [0.4, 0.5) is 5.13 Å².